The molecule has 3 N–H and O–H groups in total. The number of rotatable bonds is 3. The molecular formula is C20H24N4O. The lowest BCUT2D eigenvalue weighted by Gasteiger charge is -2.09. The number of allylic oxidation sites excluding steroid dienone is 5. The Kier molecular flexibility index (Phi) is 6.06. The van der Waals surface area contributed by atoms with Gasteiger partial charge in [-0.2, -0.15) is 0 Å². The predicted octanol–water partition coefficient (Wildman–Crippen LogP) is 3.55. The number of nitrogens with zero attached hydrogens (tertiary/aromatic N) is 2. The largest absolute Gasteiger partial charge is 0.382 e. The topological polar surface area (TPSA) is 83.6 Å². The summed E-state index contributed by atoms with van der Waals surface area (Å²) in [5.41, 5.74) is 9.68. The van der Waals surface area contributed by atoms with Crippen LogP contribution in [-0.4, -0.2) is 16.7 Å². The Bertz CT molecular complexity index is 893. The summed E-state index contributed by atoms with van der Waals surface area (Å²) in [6.45, 7) is 7.53. The van der Waals surface area contributed by atoms with E-state index in [1.165, 1.54) is 0 Å². The van der Waals surface area contributed by atoms with E-state index < -0.39 is 0 Å². The summed E-state index contributed by atoms with van der Waals surface area (Å²) >= 11 is 0. The molecule has 0 spiro atoms. The van der Waals surface area contributed by atoms with Crippen LogP contribution in [0.3, 0.4) is 0 Å². The summed E-state index contributed by atoms with van der Waals surface area (Å²) in [6, 6.07) is 0. The van der Waals surface area contributed by atoms with Crippen LogP contribution in [0, 0.1) is 13.8 Å². The predicted molar refractivity (Wildman–Crippen MR) is 106 cm³/mol. The fourth-order valence-electron chi connectivity index (χ4n) is 2.42. The molecule has 0 saturated carbocycles. The van der Waals surface area contributed by atoms with E-state index in [0.717, 1.165) is 17.7 Å². The number of aliphatic imine (C=N–C) groups is 2. The molecule has 1 aliphatic heterocycles. The summed E-state index contributed by atoms with van der Waals surface area (Å²) < 4.78 is 0. The number of aryl methyl sites for hydroxylation is 1. The first-order chi connectivity index (χ1) is 11.9. The second-order valence-electron chi connectivity index (χ2n) is 5.94. The molecule has 0 atom stereocenters. The van der Waals surface area contributed by atoms with E-state index in [9.17, 15) is 4.79 Å². The molecule has 2 heterocycles. The fourth-order valence-corrected chi connectivity index (χ4v) is 2.42. The lowest BCUT2D eigenvalue weighted by Crippen LogP contribution is -2.25. The van der Waals surface area contributed by atoms with Gasteiger partial charge in [0.1, 0.15) is 5.84 Å². The third-order valence-electron chi connectivity index (χ3n) is 3.86. The van der Waals surface area contributed by atoms with Crippen LogP contribution in [0.15, 0.2) is 56.9 Å². The monoisotopic (exact) mass is 336 g/mol. The van der Waals surface area contributed by atoms with Crippen LogP contribution >= 0.6 is 0 Å². The minimum Gasteiger partial charge on any atom is -0.382 e. The van der Waals surface area contributed by atoms with E-state index in [1.807, 2.05) is 51.2 Å². The maximum absolute atomic E-state index is 12.6. The molecule has 130 valence electrons. The summed E-state index contributed by atoms with van der Waals surface area (Å²) in [5, 5.41) is 0. The number of amidine groups is 2. The number of aromatic nitrogens is 1. The van der Waals surface area contributed by atoms with Crippen LogP contribution in [0.1, 0.15) is 42.8 Å². The van der Waals surface area contributed by atoms with Crippen molar-refractivity contribution in [1.82, 2.24) is 4.98 Å². The Morgan fingerprint density at radius 1 is 1.32 bits per heavy atom. The Morgan fingerprint density at radius 3 is 2.80 bits per heavy atom. The SMILES string of the molecule is C/C=C\C=C/c1c(C)[nH]c(C(N)=NC2=NC=C(C)CC=C2)c(C)c1=O. The van der Waals surface area contributed by atoms with Crippen molar-refractivity contribution < 1.29 is 0 Å². The van der Waals surface area contributed by atoms with Crippen molar-refractivity contribution in [3.05, 3.63) is 74.9 Å². The first kappa shape index (κ1) is 18.4. The number of nitrogens with one attached hydrogen (secondary N) is 1. The van der Waals surface area contributed by atoms with Crippen LogP contribution in [-0.2, 0) is 0 Å². The highest BCUT2D eigenvalue weighted by atomic mass is 16.1. The molecule has 1 aromatic rings. The molecule has 25 heavy (non-hydrogen) atoms. The van der Waals surface area contributed by atoms with Crippen LogP contribution in [0.4, 0.5) is 0 Å². The molecule has 0 bridgehead atoms. The van der Waals surface area contributed by atoms with Gasteiger partial charge in [-0.1, -0.05) is 29.9 Å². The lowest BCUT2D eigenvalue weighted by atomic mass is 10.1. The molecule has 1 aliphatic rings. The summed E-state index contributed by atoms with van der Waals surface area (Å²) in [4.78, 5) is 24.5. The van der Waals surface area contributed by atoms with Gasteiger partial charge in [0.25, 0.3) is 0 Å². The van der Waals surface area contributed by atoms with Crippen molar-refractivity contribution in [3.63, 3.8) is 0 Å². The minimum atomic E-state index is -0.0563. The Morgan fingerprint density at radius 2 is 2.08 bits per heavy atom. The Hall–Kier alpha value is -2.95. The average Bonchev–Trinajstić information content (AvgIpc) is 2.78. The quantitative estimate of drug-likeness (QED) is 0.502. The van der Waals surface area contributed by atoms with Crippen molar-refractivity contribution in [1.29, 1.82) is 0 Å². The van der Waals surface area contributed by atoms with Crippen LogP contribution < -0.4 is 11.2 Å². The third kappa shape index (κ3) is 4.53. The maximum atomic E-state index is 12.6. The number of H-pyrrole nitrogens is 1. The highest BCUT2D eigenvalue weighted by Gasteiger charge is 2.13. The van der Waals surface area contributed by atoms with E-state index >= 15 is 0 Å². The van der Waals surface area contributed by atoms with Crippen LogP contribution in [0.2, 0.25) is 0 Å². The van der Waals surface area contributed by atoms with E-state index in [4.69, 9.17) is 5.73 Å². The zero-order chi connectivity index (χ0) is 18.4. The molecule has 0 fully saturated rings. The highest BCUT2D eigenvalue weighted by Crippen LogP contribution is 2.10. The number of nitrogens with two attached hydrogens (primary N) is 1. The number of aromatic amines is 1. The molecular weight excluding hydrogens is 312 g/mol. The van der Waals surface area contributed by atoms with E-state index in [2.05, 4.69) is 15.0 Å². The second-order valence-corrected chi connectivity index (χ2v) is 5.94. The molecule has 0 radical (unpaired) electrons. The van der Waals surface area contributed by atoms with Crippen molar-refractivity contribution in [3.8, 4) is 0 Å². The van der Waals surface area contributed by atoms with Crippen LogP contribution in [0.5, 0.6) is 0 Å². The average molecular weight is 336 g/mol. The van der Waals surface area contributed by atoms with Crippen molar-refractivity contribution in [2.45, 2.75) is 34.1 Å². The van der Waals surface area contributed by atoms with Gasteiger partial charge in [-0.15, -0.1) is 0 Å². The molecule has 0 unspecified atom stereocenters. The van der Waals surface area contributed by atoms with Gasteiger partial charge in [-0.3, -0.25) is 4.79 Å². The molecule has 5 heteroatoms. The number of pyridine rings is 1. The fraction of sp³-hybridized carbons (Fsp3) is 0.250. The number of hydrogen-bond donors (Lipinski definition) is 2. The molecule has 0 aliphatic carbocycles. The van der Waals surface area contributed by atoms with Gasteiger partial charge in [0.05, 0.1) is 5.69 Å². The van der Waals surface area contributed by atoms with Gasteiger partial charge in [-0.05, 0) is 46.3 Å². The zero-order valence-corrected chi connectivity index (χ0v) is 15.1. The smallest absolute Gasteiger partial charge is 0.192 e. The molecule has 0 aromatic carbocycles. The van der Waals surface area contributed by atoms with Gasteiger partial charge in [0.2, 0.25) is 0 Å². The molecule has 5 nitrogen and oxygen atoms in total. The first-order valence-electron chi connectivity index (χ1n) is 8.21. The summed E-state index contributed by atoms with van der Waals surface area (Å²) in [5.74, 6) is 0.766. The second kappa shape index (κ2) is 8.24. The van der Waals surface area contributed by atoms with E-state index in [1.54, 1.807) is 19.2 Å². The van der Waals surface area contributed by atoms with Crippen molar-refractivity contribution in [2.24, 2.45) is 15.7 Å². The lowest BCUT2D eigenvalue weighted by molar-refractivity contribution is 1.11. The third-order valence-corrected chi connectivity index (χ3v) is 3.86. The van der Waals surface area contributed by atoms with Gasteiger partial charge in [0.15, 0.2) is 11.3 Å². The van der Waals surface area contributed by atoms with E-state index in [0.29, 0.717) is 22.7 Å². The first-order valence-corrected chi connectivity index (χ1v) is 8.21. The van der Waals surface area contributed by atoms with Crippen molar-refractivity contribution in [2.75, 3.05) is 0 Å². The molecule has 1 aromatic heterocycles. The van der Waals surface area contributed by atoms with E-state index in [-0.39, 0.29) is 11.3 Å². The number of hydrogen-bond acceptors (Lipinski definition) is 3. The molecule has 0 saturated heterocycles. The Balaban J connectivity index is 2.46. The maximum Gasteiger partial charge on any atom is 0.192 e. The normalized spacial score (nSPS) is 15.6. The standard InChI is InChI=1S/C20H24N4O/c1-5-6-7-10-16-15(4)23-18(14(3)19(16)25)20(21)24-17-11-8-9-13(2)12-22-17/h5-8,10-12H,9H2,1-4H3,(H,23,25)(H2,21,22,24)/b6-5-,10-7-. The summed E-state index contributed by atoms with van der Waals surface area (Å²) in [6.07, 6.45) is 13.9. The van der Waals surface area contributed by atoms with Gasteiger partial charge in [-0.25, -0.2) is 9.98 Å². The summed E-state index contributed by atoms with van der Waals surface area (Å²) in [7, 11) is 0. The van der Waals surface area contributed by atoms with Gasteiger partial charge >= 0.3 is 0 Å². The Labute approximate surface area is 148 Å². The molecule has 2 rings (SSSR count). The van der Waals surface area contributed by atoms with Gasteiger partial charge < -0.3 is 10.7 Å². The highest BCUT2D eigenvalue weighted by molar-refractivity contribution is 6.08. The zero-order valence-electron chi connectivity index (χ0n) is 15.1. The molecule has 0 amide bonds. The van der Waals surface area contributed by atoms with Gasteiger partial charge in [0, 0.05) is 23.0 Å². The minimum absolute atomic E-state index is 0.0563. The van der Waals surface area contributed by atoms with Crippen LogP contribution in [0.25, 0.3) is 6.08 Å². The van der Waals surface area contributed by atoms with Crippen molar-refractivity contribution >= 4 is 17.7 Å².